The Morgan fingerprint density at radius 1 is 0.347 bits per heavy atom. The predicted molar refractivity (Wildman–Crippen MR) is 198 cm³/mol. The molecule has 2 heterocycles. The van der Waals surface area contributed by atoms with Crippen LogP contribution in [-0.4, -0.2) is 20.2 Å². The van der Waals surface area contributed by atoms with Gasteiger partial charge >= 0.3 is 0 Å². The highest BCUT2D eigenvalue weighted by Crippen LogP contribution is 2.37. The van der Waals surface area contributed by atoms with Crippen molar-refractivity contribution in [2.45, 2.75) is 0 Å². The van der Waals surface area contributed by atoms with Gasteiger partial charge in [0.15, 0.2) is 5.82 Å². The quantitative estimate of drug-likeness (QED) is 0.183. The third-order valence-electron chi connectivity index (χ3n) is 8.90. The van der Waals surface area contributed by atoms with E-state index in [2.05, 4.69) is 119 Å². The summed E-state index contributed by atoms with van der Waals surface area (Å²) in [6.45, 7) is 0. The fraction of sp³-hybridized carbons (Fsp3) is 0. The van der Waals surface area contributed by atoms with Crippen molar-refractivity contribution in [3.8, 4) is 67.9 Å². The molecule has 0 amide bonds. The molecular weight excluding hydrogens is 601 g/mol. The van der Waals surface area contributed by atoms with E-state index in [1.807, 2.05) is 60.7 Å². The molecule has 0 fully saturated rings. The number of nitrogens with zero attached hydrogens (tertiary/aromatic N) is 4. The Bertz CT molecular complexity index is 2590. The molecule has 2 aromatic heterocycles. The Balaban J connectivity index is 1.14. The lowest BCUT2D eigenvalue weighted by atomic mass is 9.96. The Labute approximate surface area is 283 Å². The summed E-state index contributed by atoms with van der Waals surface area (Å²) in [5.41, 5.74) is 8.74. The molecule has 0 N–H and O–H groups in total. The Kier molecular flexibility index (Phi) is 7.06. The molecule has 0 aliphatic heterocycles. The molecule has 0 radical (unpaired) electrons. The predicted octanol–water partition coefficient (Wildman–Crippen LogP) is 11.2. The zero-order valence-electron chi connectivity index (χ0n) is 26.4. The van der Waals surface area contributed by atoms with E-state index in [1.54, 1.807) is 0 Å². The fourth-order valence-electron chi connectivity index (χ4n) is 6.39. The van der Waals surface area contributed by atoms with Crippen LogP contribution in [-0.2, 0) is 0 Å². The maximum absolute atomic E-state index is 6.31. The minimum Gasteiger partial charge on any atom is -0.416 e. The molecule has 5 heteroatoms. The number of hydrogen-bond acceptors (Lipinski definition) is 5. The molecule has 0 atom stereocenters. The molecule has 5 nitrogen and oxygen atoms in total. The fourth-order valence-corrected chi connectivity index (χ4v) is 6.39. The Hall–Kier alpha value is -6.72. The molecule has 0 saturated heterocycles. The molecule has 0 aliphatic rings. The van der Waals surface area contributed by atoms with Crippen molar-refractivity contribution in [3.63, 3.8) is 0 Å². The van der Waals surface area contributed by atoms with Crippen LogP contribution in [0.2, 0.25) is 0 Å². The lowest BCUT2D eigenvalue weighted by Crippen LogP contribution is -1.97. The molecule has 0 unspecified atom stereocenters. The van der Waals surface area contributed by atoms with Crippen molar-refractivity contribution >= 4 is 21.5 Å². The van der Waals surface area contributed by atoms with Crippen molar-refractivity contribution in [1.29, 1.82) is 0 Å². The zero-order chi connectivity index (χ0) is 32.6. The molecular formula is C44H28N4O. The third kappa shape index (κ3) is 5.43. The first kappa shape index (κ1) is 28.5. The van der Waals surface area contributed by atoms with Gasteiger partial charge in [0.25, 0.3) is 0 Å². The summed E-state index contributed by atoms with van der Waals surface area (Å²) in [4.78, 5) is 10.2. The van der Waals surface area contributed by atoms with E-state index < -0.39 is 0 Å². The van der Waals surface area contributed by atoms with Gasteiger partial charge in [-0.1, -0.05) is 146 Å². The number of aromatic nitrogens is 4. The maximum Gasteiger partial charge on any atom is 0.248 e. The molecule has 0 aliphatic carbocycles. The highest BCUT2D eigenvalue weighted by Gasteiger charge is 2.18. The van der Waals surface area contributed by atoms with Gasteiger partial charge in [-0.25, -0.2) is 9.97 Å². The van der Waals surface area contributed by atoms with Gasteiger partial charge < -0.3 is 4.42 Å². The van der Waals surface area contributed by atoms with E-state index in [1.165, 1.54) is 10.9 Å². The van der Waals surface area contributed by atoms with Gasteiger partial charge in [-0.3, -0.25) is 0 Å². The van der Waals surface area contributed by atoms with Crippen molar-refractivity contribution in [3.05, 3.63) is 170 Å². The second kappa shape index (κ2) is 12.1. The van der Waals surface area contributed by atoms with E-state index in [9.17, 15) is 0 Å². The minimum absolute atomic E-state index is 0.470. The van der Waals surface area contributed by atoms with E-state index >= 15 is 0 Å². The molecule has 0 saturated carbocycles. The number of fused-ring (bicyclic) bond motifs is 2. The van der Waals surface area contributed by atoms with E-state index in [-0.39, 0.29) is 0 Å². The summed E-state index contributed by atoms with van der Waals surface area (Å²) in [6.07, 6.45) is 0. The highest BCUT2D eigenvalue weighted by atomic mass is 16.4. The maximum atomic E-state index is 6.31. The van der Waals surface area contributed by atoms with Crippen LogP contribution in [0.25, 0.3) is 89.5 Å². The first-order chi connectivity index (χ1) is 24.3. The second-order valence-corrected chi connectivity index (χ2v) is 12.0. The smallest absolute Gasteiger partial charge is 0.248 e. The molecule has 0 spiro atoms. The van der Waals surface area contributed by atoms with Crippen LogP contribution >= 0.6 is 0 Å². The van der Waals surface area contributed by atoms with E-state index in [4.69, 9.17) is 14.4 Å². The second-order valence-electron chi connectivity index (χ2n) is 12.0. The van der Waals surface area contributed by atoms with Gasteiger partial charge in [-0.15, -0.1) is 10.2 Å². The van der Waals surface area contributed by atoms with Crippen LogP contribution in [0, 0.1) is 0 Å². The van der Waals surface area contributed by atoms with E-state index in [0.717, 1.165) is 60.9 Å². The molecule has 9 aromatic rings. The molecule has 9 rings (SSSR count). The van der Waals surface area contributed by atoms with Gasteiger partial charge in [0.2, 0.25) is 11.8 Å². The van der Waals surface area contributed by atoms with Crippen LogP contribution in [0.4, 0.5) is 0 Å². The Morgan fingerprint density at radius 3 is 1.67 bits per heavy atom. The van der Waals surface area contributed by atoms with E-state index in [0.29, 0.717) is 17.6 Å². The monoisotopic (exact) mass is 628 g/mol. The summed E-state index contributed by atoms with van der Waals surface area (Å²) in [6, 6.07) is 58.0. The lowest BCUT2D eigenvalue weighted by Gasteiger charge is -2.13. The summed E-state index contributed by atoms with van der Waals surface area (Å²) >= 11 is 0. The lowest BCUT2D eigenvalue weighted by molar-refractivity contribution is 0.585. The molecule has 7 aromatic carbocycles. The molecule has 49 heavy (non-hydrogen) atoms. The van der Waals surface area contributed by atoms with Crippen molar-refractivity contribution in [2.75, 3.05) is 0 Å². The SMILES string of the molecule is c1ccc(-c2ccc(-c3nc(-c4ccccc4)cc(-c4ccc(-c5nnc(-c6ccc7ccccc7c6)o5)c5ccccc45)n3)cc2)cc1. The van der Waals surface area contributed by atoms with Crippen molar-refractivity contribution < 1.29 is 4.42 Å². The molecule has 0 bridgehead atoms. The standard InChI is InChI=1S/C44H28N4O/c1-3-11-29(12-4-1)31-19-22-33(23-20-31)42-45-40(32-14-5-2-6-15-32)28-41(46-42)38-25-26-39(37-18-10-9-17-36(37)38)44-48-47-43(49-44)35-24-21-30-13-7-8-16-34(30)27-35/h1-28H. The van der Waals surface area contributed by atoms with Crippen LogP contribution in [0.1, 0.15) is 0 Å². The van der Waals surface area contributed by atoms with Crippen LogP contribution < -0.4 is 0 Å². The normalized spacial score (nSPS) is 11.3. The van der Waals surface area contributed by atoms with Crippen LogP contribution in [0.3, 0.4) is 0 Å². The number of benzene rings is 7. The number of hydrogen-bond donors (Lipinski definition) is 0. The first-order valence-electron chi connectivity index (χ1n) is 16.2. The third-order valence-corrected chi connectivity index (χ3v) is 8.90. The van der Waals surface area contributed by atoms with Crippen LogP contribution in [0.5, 0.6) is 0 Å². The topological polar surface area (TPSA) is 64.7 Å². The van der Waals surface area contributed by atoms with Gasteiger partial charge in [-0.05, 0) is 56.9 Å². The summed E-state index contributed by atoms with van der Waals surface area (Å²) in [5, 5.41) is 13.3. The zero-order valence-corrected chi connectivity index (χ0v) is 26.4. The van der Waals surface area contributed by atoms with Gasteiger partial charge in [0.05, 0.1) is 11.4 Å². The summed E-state index contributed by atoms with van der Waals surface area (Å²) < 4.78 is 6.31. The highest BCUT2D eigenvalue weighted by molar-refractivity contribution is 6.03. The minimum atomic E-state index is 0.470. The van der Waals surface area contributed by atoms with Crippen molar-refractivity contribution in [1.82, 2.24) is 20.2 Å². The average molecular weight is 629 g/mol. The Morgan fingerprint density at radius 2 is 0.898 bits per heavy atom. The van der Waals surface area contributed by atoms with Gasteiger partial charge in [-0.2, -0.15) is 0 Å². The first-order valence-corrected chi connectivity index (χ1v) is 16.2. The van der Waals surface area contributed by atoms with Crippen LogP contribution in [0.15, 0.2) is 174 Å². The average Bonchev–Trinajstić information content (AvgIpc) is 3.68. The largest absolute Gasteiger partial charge is 0.416 e. The summed E-state index contributed by atoms with van der Waals surface area (Å²) in [5.74, 6) is 1.62. The molecule has 230 valence electrons. The van der Waals surface area contributed by atoms with Crippen molar-refractivity contribution in [2.24, 2.45) is 0 Å². The van der Waals surface area contributed by atoms with Gasteiger partial charge in [0.1, 0.15) is 0 Å². The summed E-state index contributed by atoms with van der Waals surface area (Å²) in [7, 11) is 0. The number of rotatable bonds is 6. The van der Waals surface area contributed by atoms with Gasteiger partial charge in [0, 0.05) is 27.8 Å².